The minimum atomic E-state index is -0.180. The molecular formula is C14H22N2O4. The maximum atomic E-state index is 11.6. The van der Waals surface area contributed by atoms with Crippen LogP contribution in [-0.4, -0.2) is 39.9 Å². The van der Waals surface area contributed by atoms with Gasteiger partial charge in [-0.05, 0) is 24.6 Å². The lowest BCUT2D eigenvalue weighted by Gasteiger charge is -2.16. The lowest BCUT2D eigenvalue weighted by molar-refractivity contribution is -0.126. The Morgan fingerprint density at radius 3 is 2.60 bits per heavy atom. The normalized spacial score (nSPS) is 11.8. The largest absolute Gasteiger partial charge is 0.493 e. The van der Waals surface area contributed by atoms with E-state index in [1.165, 1.54) is 0 Å². The third kappa shape index (κ3) is 4.71. The van der Waals surface area contributed by atoms with Gasteiger partial charge in [-0.25, -0.2) is 0 Å². The van der Waals surface area contributed by atoms with Gasteiger partial charge in [0, 0.05) is 6.54 Å². The van der Waals surface area contributed by atoms with Crippen molar-refractivity contribution in [2.24, 2.45) is 5.73 Å². The summed E-state index contributed by atoms with van der Waals surface area (Å²) < 4.78 is 15.5. The summed E-state index contributed by atoms with van der Waals surface area (Å²) in [6.45, 7) is 2.67. The van der Waals surface area contributed by atoms with Crippen molar-refractivity contribution in [2.75, 3.05) is 34.0 Å². The number of nitrogens with one attached hydrogen (secondary N) is 1. The van der Waals surface area contributed by atoms with Gasteiger partial charge in [-0.1, -0.05) is 6.07 Å². The molecule has 0 saturated carbocycles. The Morgan fingerprint density at radius 2 is 2.00 bits per heavy atom. The number of amides is 1. The molecular weight excluding hydrogens is 260 g/mol. The monoisotopic (exact) mass is 282 g/mol. The fourth-order valence-corrected chi connectivity index (χ4v) is 1.74. The summed E-state index contributed by atoms with van der Waals surface area (Å²) >= 11 is 0. The first-order valence-electron chi connectivity index (χ1n) is 6.41. The molecule has 0 aliphatic rings. The average molecular weight is 282 g/mol. The van der Waals surface area contributed by atoms with Crippen LogP contribution in [0.4, 0.5) is 0 Å². The summed E-state index contributed by atoms with van der Waals surface area (Å²) in [5.74, 6) is 1.10. The van der Waals surface area contributed by atoms with E-state index in [0.717, 1.165) is 5.56 Å². The van der Waals surface area contributed by atoms with Crippen molar-refractivity contribution in [1.29, 1.82) is 0 Å². The second-order valence-corrected chi connectivity index (χ2v) is 4.24. The summed E-state index contributed by atoms with van der Waals surface area (Å²) in [6, 6.07) is 5.38. The minimum Gasteiger partial charge on any atom is -0.493 e. The standard InChI is InChI=1S/C14H22N2O4/c1-10(16-14(17)9-20-7-6-15)11-4-5-12(18-2)13(8-11)19-3/h4-5,8,10H,6-7,9,15H2,1-3H3,(H,16,17). The van der Waals surface area contributed by atoms with Crippen LogP contribution in [0.5, 0.6) is 11.5 Å². The molecule has 1 aromatic carbocycles. The molecule has 1 aromatic rings. The van der Waals surface area contributed by atoms with Gasteiger partial charge in [-0.3, -0.25) is 4.79 Å². The Balaban J connectivity index is 2.63. The molecule has 20 heavy (non-hydrogen) atoms. The third-order valence-corrected chi connectivity index (χ3v) is 2.78. The van der Waals surface area contributed by atoms with Gasteiger partial charge in [0.1, 0.15) is 6.61 Å². The van der Waals surface area contributed by atoms with E-state index in [4.69, 9.17) is 19.9 Å². The second kappa shape index (κ2) is 8.39. The molecule has 1 amide bonds. The van der Waals surface area contributed by atoms with Gasteiger partial charge in [-0.15, -0.1) is 0 Å². The van der Waals surface area contributed by atoms with Crippen LogP contribution in [0.2, 0.25) is 0 Å². The van der Waals surface area contributed by atoms with E-state index in [1.807, 2.05) is 25.1 Å². The first kappa shape index (κ1) is 16.3. The van der Waals surface area contributed by atoms with Crippen molar-refractivity contribution in [3.05, 3.63) is 23.8 Å². The maximum absolute atomic E-state index is 11.6. The van der Waals surface area contributed by atoms with Crippen molar-refractivity contribution < 1.29 is 19.0 Å². The fourth-order valence-electron chi connectivity index (χ4n) is 1.74. The van der Waals surface area contributed by atoms with Crippen LogP contribution in [0.3, 0.4) is 0 Å². The molecule has 0 bridgehead atoms. The number of methoxy groups -OCH3 is 2. The van der Waals surface area contributed by atoms with Crippen LogP contribution >= 0.6 is 0 Å². The highest BCUT2D eigenvalue weighted by Crippen LogP contribution is 2.29. The summed E-state index contributed by atoms with van der Waals surface area (Å²) in [4.78, 5) is 11.6. The Bertz CT molecular complexity index is 437. The van der Waals surface area contributed by atoms with Crippen LogP contribution in [0.1, 0.15) is 18.5 Å². The van der Waals surface area contributed by atoms with Crippen molar-refractivity contribution in [1.82, 2.24) is 5.32 Å². The average Bonchev–Trinajstić information content (AvgIpc) is 2.46. The van der Waals surface area contributed by atoms with Gasteiger partial charge in [-0.2, -0.15) is 0 Å². The number of carbonyl (C=O) groups excluding carboxylic acids is 1. The molecule has 1 rings (SSSR count). The van der Waals surface area contributed by atoms with Crippen LogP contribution < -0.4 is 20.5 Å². The van der Waals surface area contributed by atoms with E-state index in [-0.39, 0.29) is 18.6 Å². The van der Waals surface area contributed by atoms with E-state index in [9.17, 15) is 4.79 Å². The van der Waals surface area contributed by atoms with Crippen LogP contribution in [0.25, 0.3) is 0 Å². The Hall–Kier alpha value is -1.79. The van der Waals surface area contributed by atoms with E-state index in [0.29, 0.717) is 24.7 Å². The smallest absolute Gasteiger partial charge is 0.246 e. The van der Waals surface area contributed by atoms with Crippen LogP contribution in [0, 0.1) is 0 Å². The highest BCUT2D eigenvalue weighted by molar-refractivity contribution is 5.77. The molecule has 0 spiro atoms. The lowest BCUT2D eigenvalue weighted by atomic mass is 10.1. The SMILES string of the molecule is COc1ccc(C(C)NC(=O)COCCN)cc1OC. The van der Waals surface area contributed by atoms with E-state index < -0.39 is 0 Å². The van der Waals surface area contributed by atoms with Crippen molar-refractivity contribution in [2.45, 2.75) is 13.0 Å². The maximum Gasteiger partial charge on any atom is 0.246 e. The molecule has 0 aliphatic heterocycles. The predicted octanol–water partition coefficient (Wildman–Crippen LogP) is 0.856. The molecule has 1 atom stereocenters. The van der Waals surface area contributed by atoms with E-state index >= 15 is 0 Å². The number of nitrogens with two attached hydrogens (primary N) is 1. The predicted molar refractivity (Wildman–Crippen MR) is 76.0 cm³/mol. The van der Waals surface area contributed by atoms with Gasteiger partial charge < -0.3 is 25.3 Å². The van der Waals surface area contributed by atoms with Crippen LogP contribution in [0.15, 0.2) is 18.2 Å². The topological polar surface area (TPSA) is 82.8 Å². The Morgan fingerprint density at radius 1 is 1.30 bits per heavy atom. The summed E-state index contributed by atoms with van der Waals surface area (Å²) in [7, 11) is 3.16. The molecule has 0 aliphatic carbocycles. The Labute approximate surface area is 119 Å². The molecule has 3 N–H and O–H groups in total. The van der Waals surface area contributed by atoms with Gasteiger partial charge in [0.15, 0.2) is 11.5 Å². The third-order valence-electron chi connectivity index (χ3n) is 2.78. The van der Waals surface area contributed by atoms with Crippen molar-refractivity contribution in [3.63, 3.8) is 0 Å². The highest BCUT2D eigenvalue weighted by Gasteiger charge is 2.12. The van der Waals surface area contributed by atoms with E-state index in [1.54, 1.807) is 14.2 Å². The molecule has 0 aromatic heterocycles. The Kier molecular flexibility index (Phi) is 6.83. The molecule has 0 heterocycles. The zero-order valence-electron chi connectivity index (χ0n) is 12.1. The summed E-state index contributed by atoms with van der Waals surface area (Å²) in [6.07, 6.45) is 0. The lowest BCUT2D eigenvalue weighted by Crippen LogP contribution is -2.30. The number of ether oxygens (including phenoxy) is 3. The quantitative estimate of drug-likeness (QED) is 0.691. The van der Waals surface area contributed by atoms with Gasteiger partial charge in [0.25, 0.3) is 0 Å². The molecule has 112 valence electrons. The number of hydrogen-bond donors (Lipinski definition) is 2. The van der Waals surface area contributed by atoms with Gasteiger partial charge in [0.2, 0.25) is 5.91 Å². The molecule has 1 unspecified atom stereocenters. The number of carbonyl (C=O) groups is 1. The molecule has 0 saturated heterocycles. The fraction of sp³-hybridized carbons (Fsp3) is 0.500. The highest BCUT2D eigenvalue weighted by atomic mass is 16.5. The molecule has 0 radical (unpaired) electrons. The zero-order chi connectivity index (χ0) is 15.0. The van der Waals surface area contributed by atoms with Crippen molar-refractivity contribution >= 4 is 5.91 Å². The minimum absolute atomic E-state index is 0.00876. The zero-order valence-corrected chi connectivity index (χ0v) is 12.1. The number of hydrogen-bond acceptors (Lipinski definition) is 5. The number of rotatable bonds is 8. The van der Waals surface area contributed by atoms with Crippen LogP contribution in [-0.2, 0) is 9.53 Å². The molecule has 0 fully saturated rings. The summed E-state index contributed by atoms with van der Waals surface area (Å²) in [5.41, 5.74) is 6.21. The first-order valence-corrected chi connectivity index (χ1v) is 6.41. The first-order chi connectivity index (χ1) is 9.62. The van der Waals surface area contributed by atoms with E-state index in [2.05, 4.69) is 5.32 Å². The molecule has 6 nitrogen and oxygen atoms in total. The second-order valence-electron chi connectivity index (χ2n) is 4.24. The van der Waals surface area contributed by atoms with Gasteiger partial charge in [0.05, 0.1) is 26.9 Å². The summed E-state index contributed by atoms with van der Waals surface area (Å²) in [5, 5.41) is 2.84. The molecule has 6 heteroatoms. The number of benzene rings is 1. The van der Waals surface area contributed by atoms with Gasteiger partial charge >= 0.3 is 0 Å². The van der Waals surface area contributed by atoms with Crippen molar-refractivity contribution in [3.8, 4) is 11.5 Å².